The van der Waals surface area contributed by atoms with Crippen LogP contribution >= 0.6 is 0 Å². The van der Waals surface area contributed by atoms with E-state index < -0.39 is 11.6 Å². The molecular weight excluding hydrogens is 340 g/mol. The summed E-state index contributed by atoms with van der Waals surface area (Å²) in [4.78, 5) is 4.34. The van der Waals surface area contributed by atoms with Crippen LogP contribution < -0.4 is 0 Å². The summed E-state index contributed by atoms with van der Waals surface area (Å²) in [5, 5.41) is 0. The SMILES string of the molecule is C=CCCC[C@H]1CC[C@H](C#Cc2ccc(-c3ccc(F)c(F)c3)nc2)CC1. The zero-order chi connectivity index (χ0) is 19.1. The number of nitrogens with zero attached hydrogens (tertiary/aromatic N) is 1. The highest BCUT2D eigenvalue weighted by molar-refractivity contribution is 5.59. The first-order valence-corrected chi connectivity index (χ1v) is 9.69. The first-order valence-electron chi connectivity index (χ1n) is 9.69. The Morgan fingerprint density at radius 1 is 1.07 bits per heavy atom. The molecule has 1 nitrogen and oxygen atoms in total. The van der Waals surface area contributed by atoms with Crippen LogP contribution in [-0.2, 0) is 0 Å². The minimum Gasteiger partial charge on any atom is -0.255 e. The Hall–Kier alpha value is -2.47. The molecule has 3 rings (SSSR count). The largest absolute Gasteiger partial charge is 0.255 e. The number of hydrogen-bond acceptors (Lipinski definition) is 1. The van der Waals surface area contributed by atoms with Gasteiger partial charge in [-0.1, -0.05) is 24.3 Å². The number of hydrogen-bond donors (Lipinski definition) is 0. The Kier molecular flexibility index (Phi) is 6.76. The molecule has 2 aromatic rings. The molecule has 1 fully saturated rings. The second-order valence-electron chi connectivity index (χ2n) is 7.27. The number of allylic oxidation sites excluding steroid dienone is 1. The van der Waals surface area contributed by atoms with E-state index in [1.165, 1.54) is 44.6 Å². The van der Waals surface area contributed by atoms with E-state index in [4.69, 9.17) is 0 Å². The summed E-state index contributed by atoms with van der Waals surface area (Å²) in [7, 11) is 0. The van der Waals surface area contributed by atoms with Crippen molar-refractivity contribution in [3.05, 3.63) is 66.4 Å². The first kappa shape index (κ1) is 19.3. The van der Waals surface area contributed by atoms with Crippen molar-refractivity contribution in [1.29, 1.82) is 0 Å². The van der Waals surface area contributed by atoms with Gasteiger partial charge in [-0.15, -0.1) is 6.58 Å². The molecule has 0 bridgehead atoms. The van der Waals surface area contributed by atoms with Crippen molar-refractivity contribution in [2.75, 3.05) is 0 Å². The van der Waals surface area contributed by atoms with Crippen LogP contribution in [0.2, 0.25) is 0 Å². The van der Waals surface area contributed by atoms with Gasteiger partial charge in [0.15, 0.2) is 11.6 Å². The number of halogens is 2. The average molecular weight is 365 g/mol. The lowest BCUT2D eigenvalue weighted by molar-refractivity contribution is 0.297. The van der Waals surface area contributed by atoms with Gasteiger partial charge in [0.05, 0.1) is 5.69 Å². The predicted molar refractivity (Wildman–Crippen MR) is 106 cm³/mol. The van der Waals surface area contributed by atoms with Gasteiger partial charge in [0.2, 0.25) is 0 Å². The summed E-state index contributed by atoms with van der Waals surface area (Å²) in [5.41, 5.74) is 2.03. The Labute approximate surface area is 160 Å². The molecule has 0 aliphatic heterocycles. The smallest absolute Gasteiger partial charge is 0.159 e. The minimum absolute atomic E-state index is 0.464. The molecular formula is C24H25F2N. The monoisotopic (exact) mass is 365 g/mol. The van der Waals surface area contributed by atoms with E-state index in [1.807, 2.05) is 12.1 Å². The zero-order valence-electron chi connectivity index (χ0n) is 15.6. The molecule has 27 heavy (non-hydrogen) atoms. The van der Waals surface area contributed by atoms with Crippen molar-refractivity contribution in [3.8, 4) is 23.1 Å². The zero-order valence-corrected chi connectivity index (χ0v) is 15.6. The molecule has 1 aliphatic rings. The van der Waals surface area contributed by atoms with Crippen LogP contribution in [0.15, 0.2) is 49.2 Å². The fraction of sp³-hybridized carbons (Fsp3) is 0.375. The van der Waals surface area contributed by atoms with Crippen LogP contribution in [0, 0.1) is 35.3 Å². The van der Waals surface area contributed by atoms with Crippen molar-refractivity contribution in [2.45, 2.75) is 44.9 Å². The quantitative estimate of drug-likeness (QED) is 0.333. The Morgan fingerprint density at radius 3 is 2.56 bits per heavy atom. The van der Waals surface area contributed by atoms with Gasteiger partial charge >= 0.3 is 0 Å². The molecule has 1 saturated carbocycles. The summed E-state index contributed by atoms with van der Waals surface area (Å²) in [5.74, 6) is 6.21. The van der Waals surface area contributed by atoms with E-state index in [1.54, 1.807) is 12.3 Å². The van der Waals surface area contributed by atoms with Crippen molar-refractivity contribution in [3.63, 3.8) is 0 Å². The lowest BCUT2D eigenvalue weighted by Gasteiger charge is -2.25. The molecule has 1 heterocycles. The maximum absolute atomic E-state index is 13.4. The molecule has 0 radical (unpaired) electrons. The van der Waals surface area contributed by atoms with Crippen LogP contribution in [0.1, 0.15) is 50.5 Å². The van der Waals surface area contributed by atoms with Crippen molar-refractivity contribution < 1.29 is 8.78 Å². The van der Waals surface area contributed by atoms with Crippen LogP contribution in [0.25, 0.3) is 11.3 Å². The van der Waals surface area contributed by atoms with E-state index in [0.717, 1.165) is 30.0 Å². The Balaban J connectivity index is 1.55. The van der Waals surface area contributed by atoms with Gasteiger partial charge in [-0.25, -0.2) is 8.78 Å². The topological polar surface area (TPSA) is 12.9 Å². The molecule has 140 valence electrons. The van der Waals surface area contributed by atoms with E-state index in [-0.39, 0.29) is 0 Å². The molecule has 0 atom stereocenters. The van der Waals surface area contributed by atoms with Gasteiger partial charge in [0.1, 0.15) is 0 Å². The van der Waals surface area contributed by atoms with Gasteiger partial charge in [-0.05, 0) is 74.8 Å². The second-order valence-corrected chi connectivity index (χ2v) is 7.27. The third kappa shape index (κ3) is 5.50. The van der Waals surface area contributed by atoms with Gasteiger partial charge in [-0.2, -0.15) is 0 Å². The lowest BCUT2D eigenvalue weighted by atomic mass is 9.80. The fourth-order valence-electron chi connectivity index (χ4n) is 3.63. The van der Waals surface area contributed by atoms with Gasteiger partial charge in [0.25, 0.3) is 0 Å². The minimum atomic E-state index is -0.863. The summed E-state index contributed by atoms with van der Waals surface area (Å²) in [6.07, 6.45) is 12.3. The first-order chi connectivity index (χ1) is 13.2. The maximum atomic E-state index is 13.4. The summed E-state index contributed by atoms with van der Waals surface area (Å²) < 4.78 is 26.4. The average Bonchev–Trinajstić information content (AvgIpc) is 2.70. The summed E-state index contributed by atoms with van der Waals surface area (Å²) in [6, 6.07) is 7.49. The molecule has 0 spiro atoms. The molecule has 1 aromatic heterocycles. The van der Waals surface area contributed by atoms with Crippen molar-refractivity contribution in [2.24, 2.45) is 11.8 Å². The van der Waals surface area contributed by atoms with Crippen LogP contribution in [-0.4, -0.2) is 4.98 Å². The third-order valence-electron chi connectivity index (χ3n) is 5.27. The summed E-state index contributed by atoms with van der Waals surface area (Å²) >= 11 is 0. The molecule has 0 saturated heterocycles. The molecule has 0 unspecified atom stereocenters. The maximum Gasteiger partial charge on any atom is 0.159 e. The molecule has 1 aromatic carbocycles. The molecule has 0 N–H and O–H groups in total. The highest BCUT2D eigenvalue weighted by Gasteiger charge is 2.19. The van der Waals surface area contributed by atoms with Crippen LogP contribution in [0.5, 0.6) is 0 Å². The van der Waals surface area contributed by atoms with Gasteiger partial charge < -0.3 is 0 Å². The van der Waals surface area contributed by atoms with E-state index >= 15 is 0 Å². The summed E-state index contributed by atoms with van der Waals surface area (Å²) in [6.45, 7) is 3.78. The van der Waals surface area contributed by atoms with Crippen LogP contribution in [0.4, 0.5) is 8.78 Å². The van der Waals surface area contributed by atoms with E-state index in [9.17, 15) is 8.78 Å². The van der Waals surface area contributed by atoms with Crippen molar-refractivity contribution >= 4 is 0 Å². The standard InChI is InChI=1S/C24H25F2N/c1-2-3-4-5-18-6-8-19(9-7-18)10-11-20-12-15-24(27-17-20)21-13-14-22(25)23(26)16-21/h2,12-19H,1,3-9H2/t18-,19-. The molecule has 1 aliphatic carbocycles. The van der Waals surface area contributed by atoms with Crippen molar-refractivity contribution in [1.82, 2.24) is 4.98 Å². The van der Waals surface area contributed by atoms with Crippen LogP contribution in [0.3, 0.4) is 0 Å². The number of rotatable bonds is 5. The van der Waals surface area contributed by atoms with E-state index in [0.29, 0.717) is 17.2 Å². The number of unbranched alkanes of at least 4 members (excludes halogenated alkanes) is 1. The highest BCUT2D eigenvalue weighted by Crippen LogP contribution is 2.31. The molecule has 3 heteroatoms. The highest BCUT2D eigenvalue weighted by atomic mass is 19.2. The van der Waals surface area contributed by atoms with Gasteiger partial charge in [0, 0.05) is 23.2 Å². The second kappa shape index (κ2) is 9.46. The fourth-order valence-corrected chi connectivity index (χ4v) is 3.63. The number of benzene rings is 1. The number of pyridine rings is 1. The lowest BCUT2D eigenvalue weighted by Crippen LogP contribution is -2.13. The predicted octanol–water partition coefficient (Wildman–Crippen LogP) is 6.54. The van der Waals surface area contributed by atoms with E-state index in [2.05, 4.69) is 23.4 Å². The van der Waals surface area contributed by atoms with Gasteiger partial charge in [-0.3, -0.25) is 4.98 Å². The normalized spacial score (nSPS) is 19.2. The number of aromatic nitrogens is 1. The molecule has 0 amide bonds. The third-order valence-corrected chi connectivity index (χ3v) is 5.27. The Bertz CT molecular complexity index is 822. The Morgan fingerprint density at radius 2 is 1.89 bits per heavy atom.